The SMILES string of the molecule is CC(C)[C@@](C)(C(=O)O)N1CCCCC1. The first kappa shape index (κ1) is 11.5. The smallest absolute Gasteiger partial charge is 0.324 e. The van der Waals surface area contributed by atoms with Crippen LogP contribution in [0.15, 0.2) is 0 Å². The van der Waals surface area contributed by atoms with Gasteiger partial charge in [0.15, 0.2) is 0 Å². The van der Waals surface area contributed by atoms with Gasteiger partial charge in [-0.3, -0.25) is 9.69 Å². The number of hydrogen-bond acceptors (Lipinski definition) is 2. The van der Waals surface area contributed by atoms with E-state index in [0.717, 1.165) is 25.9 Å². The Hall–Kier alpha value is -0.570. The zero-order chi connectivity index (χ0) is 10.8. The number of carboxylic acids is 1. The number of likely N-dealkylation sites (tertiary alicyclic amines) is 1. The molecule has 1 fully saturated rings. The molecule has 0 bridgehead atoms. The van der Waals surface area contributed by atoms with Crippen molar-refractivity contribution < 1.29 is 9.90 Å². The third kappa shape index (κ3) is 1.92. The molecule has 3 nitrogen and oxygen atoms in total. The second-order valence-corrected chi connectivity index (χ2v) is 4.66. The number of nitrogens with zero attached hydrogens (tertiary/aromatic N) is 1. The molecule has 82 valence electrons. The molecule has 1 aliphatic rings. The molecule has 0 aromatic rings. The van der Waals surface area contributed by atoms with E-state index >= 15 is 0 Å². The number of aliphatic carboxylic acids is 1. The van der Waals surface area contributed by atoms with E-state index in [1.807, 2.05) is 20.8 Å². The average Bonchev–Trinajstić information content (AvgIpc) is 2.17. The van der Waals surface area contributed by atoms with Gasteiger partial charge in [-0.1, -0.05) is 20.3 Å². The summed E-state index contributed by atoms with van der Waals surface area (Å²) in [5.41, 5.74) is -0.680. The first-order valence-corrected chi connectivity index (χ1v) is 5.48. The minimum absolute atomic E-state index is 0.151. The minimum atomic E-state index is -0.686. The molecule has 0 unspecified atom stereocenters. The summed E-state index contributed by atoms with van der Waals surface area (Å²) in [5.74, 6) is -0.535. The Balaban J connectivity index is 2.80. The molecule has 0 aromatic carbocycles. The highest BCUT2D eigenvalue weighted by molar-refractivity contribution is 5.78. The van der Waals surface area contributed by atoms with Crippen LogP contribution in [0.2, 0.25) is 0 Å². The number of carboxylic acid groups (broad SMARTS) is 1. The van der Waals surface area contributed by atoms with E-state index in [-0.39, 0.29) is 5.92 Å². The van der Waals surface area contributed by atoms with E-state index in [1.54, 1.807) is 0 Å². The van der Waals surface area contributed by atoms with E-state index in [1.165, 1.54) is 6.42 Å². The summed E-state index contributed by atoms with van der Waals surface area (Å²) in [4.78, 5) is 13.4. The Morgan fingerprint density at radius 2 is 1.79 bits per heavy atom. The standard InChI is InChI=1S/C11H21NO2/c1-9(2)11(3,10(13)14)12-7-5-4-6-8-12/h9H,4-8H2,1-3H3,(H,13,14)/t11-/m0/s1. The van der Waals surface area contributed by atoms with Crippen LogP contribution in [0.1, 0.15) is 40.0 Å². The Kier molecular flexibility index (Phi) is 3.53. The summed E-state index contributed by atoms with van der Waals surface area (Å²) < 4.78 is 0. The summed E-state index contributed by atoms with van der Waals surface area (Å²) in [6.07, 6.45) is 3.51. The van der Waals surface area contributed by atoms with Crippen molar-refractivity contribution >= 4 is 5.97 Å². The van der Waals surface area contributed by atoms with Crippen molar-refractivity contribution in [3.05, 3.63) is 0 Å². The molecule has 0 aliphatic carbocycles. The van der Waals surface area contributed by atoms with Crippen LogP contribution >= 0.6 is 0 Å². The van der Waals surface area contributed by atoms with Crippen LogP contribution in [0.5, 0.6) is 0 Å². The van der Waals surface area contributed by atoms with Crippen LogP contribution in [0.4, 0.5) is 0 Å². The van der Waals surface area contributed by atoms with Gasteiger partial charge in [-0.15, -0.1) is 0 Å². The molecule has 3 heteroatoms. The number of piperidine rings is 1. The van der Waals surface area contributed by atoms with Gasteiger partial charge in [-0.05, 0) is 38.8 Å². The van der Waals surface area contributed by atoms with Crippen molar-refractivity contribution in [1.82, 2.24) is 4.90 Å². The Labute approximate surface area is 86.1 Å². The summed E-state index contributed by atoms with van der Waals surface area (Å²) >= 11 is 0. The Morgan fingerprint density at radius 1 is 1.29 bits per heavy atom. The predicted octanol–water partition coefficient (Wildman–Crippen LogP) is 1.97. The Morgan fingerprint density at radius 3 is 2.14 bits per heavy atom. The zero-order valence-electron chi connectivity index (χ0n) is 9.42. The van der Waals surface area contributed by atoms with E-state index in [0.29, 0.717) is 0 Å². The summed E-state index contributed by atoms with van der Waals surface area (Å²) in [7, 11) is 0. The second kappa shape index (κ2) is 4.30. The number of hydrogen-bond donors (Lipinski definition) is 1. The molecule has 1 saturated heterocycles. The van der Waals surface area contributed by atoms with Crippen molar-refractivity contribution in [2.45, 2.75) is 45.6 Å². The molecule has 0 saturated carbocycles. The third-order valence-corrected chi connectivity index (χ3v) is 3.57. The predicted molar refractivity (Wildman–Crippen MR) is 56.3 cm³/mol. The summed E-state index contributed by atoms with van der Waals surface area (Å²) in [5, 5.41) is 9.31. The fourth-order valence-electron chi connectivity index (χ4n) is 2.11. The van der Waals surface area contributed by atoms with Crippen molar-refractivity contribution in [3.63, 3.8) is 0 Å². The number of carbonyl (C=O) groups is 1. The van der Waals surface area contributed by atoms with Gasteiger partial charge in [0.2, 0.25) is 0 Å². The lowest BCUT2D eigenvalue weighted by atomic mass is 9.85. The average molecular weight is 199 g/mol. The molecule has 0 aromatic heterocycles. The molecular weight excluding hydrogens is 178 g/mol. The monoisotopic (exact) mass is 199 g/mol. The lowest BCUT2D eigenvalue weighted by molar-refractivity contribution is -0.154. The van der Waals surface area contributed by atoms with Gasteiger partial charge < -0.3 is 5.11 Å². The quantitative estimate of drug-likeness (QED) is 0.755. The molecule has 1 atom stereocenters. The van der Waals surface area contributed by atoms with Crippen LogP contribution in [-0.2, 0) is 4.79 Å². The zero-order valence-corrected chi connectivity index (χ0v) is 9.42. The highest BCUT2D eigenvalue weighted by Crippen LogP contribution is 2.28. The molecule has 0 radical (unpaired) electrons. The molecular formula is C11H21NO2. The van der Waals surface area contributed by atoms with Gasteiger partial charge in [-0.2, -0.15) is 0 Å². The van der Waals surface area contributed by atoms with Crippen LogP contribution < -0.4 is 0 Å². The van der Waals surface area contributed by atoms with Crippen molar-refractivity contribution in [2.75, 3.05) is 13.1 Å². The van der Waals surface area contributed by atoms with Gasteiger partial charge in [0.05, 0.1) is 0 Å². The second-order valence-electron chi connectivity index (χ2n) is 4.66. The molecule has 1 N–H and O–H groups in total. The van der Waals surface area contributed by atoms with Gasteiger partial charge in [0.1, 0.15) is 5.54 Å². The first-order chi connectivity index (χ1) is 6.49. The van der Waals surface area contributed by atoms with Crippen molar-refractivity contribution in [1.29, 1.82) is 0 Å². The lowest BCUT2D eigenvalue weighted by Gasteiger charge is -2.42. The van der Waals surface area contributed by atoms with Gasteiger partial charge >= 0.3 is 5.97 Å². The van der Waals surface area contributed by atoms with E-state index in [4.69, 9.17) is 0 Å². The normalized spacial score (nSPS) is 23.4. The van der Waals surface area contributed by atoms with Crippen LogP contribution in [0, 0.1) is 5.92 Å². The third-order valence-electron chi connectivity index (χ3n) is 3.57. The maximum Gasteiger partial charge on any atom is 0.324 e. The topological polar surface area (TPSA) is 40.5 Å². The van der Waals surface area contributed by atoms with E-state index in [2.05, 4.69) is 4.90 Å². The summed E-state index contributed by atoms with van der Waals surface area (Å²) in [6, 6.07) is 0. The van der Waals surface area contributed by atoms with Gasteiger partial charge in [0.25, 0.3) is 0 Å². The fraction of sp³-hybridized carbons (Fsp3) is 0.909. The van der Waals surface area contributed by atoms with Gasteiger partial charge in [0, 0.05) is 0 Å². The highest BCUT2D eigenvalue weighted by Gasteiger charge is 2.42. The Bertz CT molecular complexity index is 209. The lowest BCUT2D eigenvalue weighted by Crippen LogP contribution is -2.57. The van der Waals surface area contributed by atoms with Crippen molar-refractivity contribution in [3.8, 4) is 0 Å². The van der Waals surface area contributed by atoms with Crippen LogP contribution in [0.3, 0.4) is 0 Å². The molecule has 14 heavy (non-hydrogen) atoms. The van der Waals surface area contributed by atoms with Crippen LogP contribution in [0.25, 0.3) is 0 Å². The molecule has 1 heterocycles. The molecule has 1 aliphatic heterocycles. The summed E-state index contributed by atoms with van der Waals surface area (Å²) in [6.45, 7) is 7.69. The molecule has 0 amide bonds. The highest BCUT2D eigenvalue weighted by atomic mass is 16.4. The number of rotatable bonds is 3. The molecule has 1 rings (SSSR count). The van der Waals surface area contributed by atoms with Crippen LogP contribution in [-0.4, -0.2) is 34.6 Å². The van der Waals surface area contributed by atoms with Crippen molar-refractivity contribution in [2.24, 2.45) is 5.92 Å². The molecule has 0 spiro atoms. The minimum Gasteiger partial charge on any atom is -0.480 e. The maximum atomic E-state index is 11.3. The van der Waals surface area contributed by atoms with Gasteiger partial charge in [-0.25, -0.2) is 0 Å². The largest absolute Gasteiger partial charge is 0.480 e. The first-order valence-electron chi connectivity index (χ1n) is 5.48. The van der Waals surface area contributed by atoms with E-state index < -0.39 is 11.5 Å². The maximum absolute atomic E-state index is 11.3. The fourth-order valence-corrected chi connectivity index (χ4v) is 2.11. The van der Waals surface area contributed by atoms with E-state index in [9.17, 15) is 9.90 Å².